The number of unbranched alkanes of at least 4 members (excludes halogenated alkanes) is 16. The number of piperidine rings is 1. The minimum absolute atomic E-state index is 0.695. The van der Waals surface area contributed by atoms with Crippen LogP contribution in [0.3, 0.4) is 0 Å². The minimum Gasteiger partial charge on any atom is -0.0654 e. The predicted molar refractivity (Wildman–Crippen MR) is 184 cm³/mol. The van der Waals surface area contributed by atoms with Crippen molar-refractivity contribution in [3.63, 3.8) is 0 Å². The third-order valence-electron chi connectivity index (χ3n) is 11.9. The average molecular weight is 761 g/mol. The summed E-state index contributed by atoms with van der Waals surface area (Å²) in [6.07, 6.45) is 38.4. The Morgan fingerprint density at radius 2 is 1.34 bits per heavy atom. The molecular formula is C39H71NPb+. The Balaban J connectivity index is 1.36. The summed E-state index contributed by atoms with van der Waals surface area (Å²) in [6, 6.07) is 1.02. The van der Waals surface area contributed by atoms with Gasteiger partial charge in [0.05, 0.1) is 0 Å². The Morgan fingerprint density at radius 1 is 0.805 bits per heavy atom. The van der Waals surface area contributed by atoms with Crippen LogP contribution in [0, 0.1) is 11.3 Å². The van der Waals surface area contributed by atoms with Gasteiger partial charge < -0.3 is 0 Å². The summed E-state index contributed by atoms with van der Waals surface area (Å²) in [5.41, 5.74) is 4.13. The quantitative estimate of drug-likeness (QED) is 0.0376. The van der Waals surface area contributed by atoms with Gasteiger partial charge in [-0.25, -0.2) is 0 Å². The van der Waals surface area contributed by atoms with E-state index in [4.69, 9.17) is 6.58 Å². The van der Waals surface area contributed by atoms with Gasteiger partial charge in [0.2, 0.25) is 0 Å². The van der Waals surface area contributed by atoms with Crippen LogP contribution in [-0.2, 0) is 0 Å². The number of hydrogen-bond acceptors (Lipinski definition) is 0. The fourth-order valence-corrected chi connectivity index (χ4v) is 10.7. The molecule has 0 aromatic rings. The normalized spacial score (nSPS) is 25.6. The van der Waals surface area contributed by atoms with Crippen molar-refractivity contribution in [3.8, 4) is 0 Å². The van der Waals surface area contributed by atoms with Crippen molar-refractivity contribution in [2.75, 3.05) is 19.6 Å². The van der Waals surface area contributed by atoms with E-state index >= 15 is 0 Å². The van der Waals surface area contributed by atoms with E-state index in [1.807, 2.05) is 0 Å². The molecule has 2 heteroatoms. The van der Waals surface area contributed by atoms with Crippen LogP contribution >= 0.6 is 0 Å². The zero-order valence-electron chi connectivity index (χ0n) is 28.3. The zero-order valence-corrected chi connectivity index (χ0v) is 32.2. The summed E-state index contributed by atoms with van der Waals surface area (Å²) in [6.45, 7) is 16.4. The molecule has 3 radical (unpaired) electrons. The summed E-state index contributed by atoms with van der Waals surface area (Å²) < 4.78 is 2.31. The van der Waals surface area contributed by atoms with Gasteiger partial charge in [-0.3, -0.25) is 0 Å². The molecule has 0 N–H and O–H groups in total. The van der Waals surface area contributed by atoms with Gasteiger partial charge in [-0.2, -0.15) is 0 Å². The molecule has 3 fully saturated rings. The first-order valence-electron chi connectivity index (χ1n) is 18.9. The monoisotopic (exact) mass is 762 g/mol. The molecule has 1 nitrogen and oxygen atoms in total. The van der Waals surface area contributed by atoms with Crippen molar-refractivity contribution in [1.82, 2.24) is 0 Å². The second kappa shape index (κ2) is 19.7. The predicted octanol–water partition coefficient (Wildman–Crippen LogP) is 12.1. The Bertz CT molecular complexity index is 749. The number of quaternary nitrogens is 1. The van der Waals surface area contributed by atoms with Gasteiger partial charge in [0.25, 0.3) is 0 Å². The fraction of sp³-hybridized carbons (Fsp3) is 0.897. The van der Waals surface area contributed by atoms with E-state index in [2.05, 4.69) is 26.8 Å². The summed E-state index contributed by atoms with van der Waals surface area (Å²) in [4.78, 5) is 0. The van der Waals surface area contributed by atoms with Crippen molar-refractivity contribution in [2.24, 2.45) is 11.3 Å². The first-order chi connectivity index (χ1) is 20.0. The summed E-state index contributed by atoms with van der Waals surface area (Å²) >= 11 is 1.28. The number of fused-ring (bicyclic) bond motifs is 2. The first kappa shape index (κ1) is 35.8. The Hall–Kier alpha value is 0.362. The van der Waals surface area contributed by atoms with E-state index in [9.17, 15) is 0 Å². The van der Waals surface area contributed by atoms with Crippen molar-refractivity contribution < 1.29 is 4.48 Å². The molecular weight excluding hydrogens is 690 g/mol. The molecule has 1 saturated carbocycles. The third-order valence-corrected chi connectivity index (χ3v) is 14.3. The molecule has 2 aliphatic heterocycles. The molecule has 3 rings (SSSR count). The van der Waals surface area contributed by atoms with E-state index < -0.39 is 0 Å². The standard InChI is InChI=1S/C39H71N.Pb/c1-5-8-10-12-14-15-16-17-18-19-21-23-27-36(26-22-20-13-11-9-6-2)29-28-35(4)32-37-33-38-39(37,7-3)34-40(38)30-24-25-31-40;/h26,28,37-38H,4-25,27,29-34H2,1-3H3;/q+1;/b36-26+;. The van der Waals surface area contributed by atoms with Crippen molar-refractivity contribution in [1.29, 1.82) is 0 Å². The smallest absolute Gasteiger partial charge is 0.0654 e. The van der Waals surface area contributed by atoms with Gasteiger partial charge in [-0.05, 0) is 0 Å². The maximum atomic E-state index is 4.77. The zero-order chi connectivity index (χ0) is 29.4. The van der Waals surface area contributed by atoms with Crippen LogP contribution in [0.5, 0.6) is 0 Å². The third kappa shape index (κ3) is 10.7. The second-order valence-electron chi connectivity index (χ2n) is 14.9. The van der Waals surface area contributed by atoms with E-state index in [0.717, 1.165) is 15.4 Å². The molecule has 0 aromatic carbocycles. The Morgan fingerprint density at radius 3 is 1.88 bits per heavy atom. The number of nitrogens with zero attached hydrogens (tertiary/aromatic N) is 1. The maximum absolute atomic E-state index is 4.77. The van der Waals surface area contributed by atoms with Crippen LogP contribution in [0.15, 0.2) is 23.8 Å². The van der Waals surface area contributed by atoms with Gasteiger partial charge in [0.1, 0.15) is 0 Å². The van der Waals surface area contributed by atoms with Crippen LogP contribution in [0.4, 0.5) is 0 Å². The number of rotatable bonds is 25. The molecule has 235 valence electrons. The van der Waals surface area contributed by atoms with Gasteiger partial charge in [-0.1, -0.05) is 32.6 Å². The molecule has 41 heavy (non-hydrogen) atoms. The molecule has 0 aromatic heterocycles. The number of allylic oxidation sites excluding steroid dienone is 3. The van der Waals surface area contributed by atoms with Gasteiger partial charge in [0, 0.05) is 0 Å². The van der Waals surface area contributed by atoms with Crippen molar-refractivity contribution in [2.45, 2.75) is 191 Å². The Kier molecular flexibility index (Phi) is 17.2. The SMILES string of the molecule is C=C(CC1CC2C1(CC)C[N+]21CCCC1)[CH]([Pb])C/C(=C/CCCCCCC)CCCCCCCCCCCCCC. The topological polar surface area (TPSA) is 0 Å². The molecule has 0 bridgehead atoms. The number of hydrogen-bond donors (Lipinski definition) is 0. The second-order valence-corrected chi connectivity index (χ2v) is 17.6. The Labute approximate surface area is 274 Å². The van der Waals surface area contributed by atoms with E-state index in [0.29, 0.717) is 5.41 Å². The summed E-state index contributed by atoms with van der Waals surface area (Å²) in [7, 11) is 0. The molecule has 3 aliphatic rings. The first-order valence-corrected chi connectivity index (χ1v) is 21.2. The van der Waals surface area contributed by atoms with Crippen LogP contribution < -0.4 is 0 Å². The van der Waals surface area contributed by atoms with Gasteiger partial charge in [0.15, 0.2) is 0 Å². The molecule has 1 spiro atoms. The van der Waals surface area contributed by atoms with Crippen LogP contribution in [0.1, 0.15) is 181 Å². The molecule has 1 aliphatic carbocycles. The molecule has 4 atom stereocenters. The van der Waals surface area contributed by atoms with Crippen LogP contribution in [-0.4, -0.2) is 55.9 Å². The van der Waals surface area contributed by atoms with Crippen LogP contribution in [0.25, 0.3) is 0 Å². The average Bonchev–Trinajstić information content (AvgIpc) is 3.45. The minimum atomic E-state index is 0.695. The van der Waals surface area contributed by atoms with Gasteiger partial charge >= 0.3 is 243 Å². The fourth-order valence-electron chi connectivity index (χ4n) is 9.20. The van der Waals surface area contributed by atoms with Crippen molar-refractivity contribution in [3.05, 3.63) is 23.8 Å². The molecule has 0 amide bonds. The molecule has 2 saturated heterocycles. The van der Waals surface area contributed by atoms with Gasteiger partial charge in [-0.15, -0.1) is 0 Å². The van der Waals surface area contributed by atoms with Crippen LogP contribution in [0.2, 0.25) is 3.48 Å². The van der Waals surface area contributed by atoms with E-state index in [1.165, 1.54) is 210 Å². The summed E-state index contributed by atoms with van der Waals surface area (Å²) in [5, 5.41) is 0. The molecule has 2 heterocycles. The van der Waals surface area contributed by atoms with E-state index in [-0.39, 0.29) is 0 Å². The van der Waals surface area contributed by atoms with Crippen molar-refractivity contribution >= 4 is 25.8 Å². The summed E-state index contributed by atoms with van der Waals surface area (Å²) in [5.74, 6) is 0.952. The molecule has 4 unspecified atom stereocenters. The van der Waals surface area contributed by atoms with E-state index in [1.54, 1.807) is 11.1 Å².